The van der Waals surface area contributed by atoms with Gasteiger partial charge >= 0.3 is 0 Å². The van der Waals surface area contributed by atoms with Gasteiger partial charge in [-0.25, -0.2) is 4.98 Å². The molecule has 3 heterocycles. The van der Waals surface area contributed by atoms with Gasteiger partial charge in [0.15, 0.2) is 0 Å². The van der Waals surface area contributed by atoms with Gasteiger partial charge in [-0.15, -0.1) is 0 Å². The molecule has 0 saturated carbocycles. The number of anilines is 2. The van der Waals surface area contributed by atoms with E-state index in [9.17, 15) is 0 Å². The molecule has 2 fully saturated rings. The Labute approximate surface area is 124 Å². The molecular weight excluding hydrogens is 272 g/mol. The third kappa shape index (κ3) is 3.99. The fourth-order valence-corrected chi connectivity index (χ4v) is 3.80. The fraction of sp³-hybridized carbons (Fsp3) is 0.714. The van der Waals surface area contributed by atoms with E-state index < -0.39 is 0 Å². The molecule has 2 aliphatic rings. The van der Waals surface area contributed by atoms with Crippen LogP contribution in [0.4, 0.5) is 11.8 Å². The molecule has 0 bridgehead atoms. The Balaban J connectivity index is 1.51. The maximum atomic E-state index is 5.48. The van der Waals surface area contributed by atoms with Crippen molar-refractivity contribution >= 4 is 23.5 Å². The summed E-state index contributed by atoms with van der Waals surface area (Å²) in [6.45, 7) is 2.61. The summed E-state index contributed by atoms with van der Waals surface area (Å²) in [6.07, 6.45) is 6.71. The fourth-order valence-electron chi connectivity index (χ4n) is 2.60. The molecule has 2 aliphatic heterocycles. The van der Waals surface area contributed by atoms with Crippen LogP contribution in [-0.4, -0.2) is 46.8 Å². The molecule has 20 heavy (non-hydrogen) atoms. The van der Waals surface area contributed by atoms with Crippen LogP contribution in [0.1, 0.15) is 25.7 Å². The van der Waals surface area contributed by atoms with Crippen molar-refractivity contribution in [3.05, 3.63) is 12.3 Å². The summed E-state index contributed by atoms with van der Waals surface area (Å²) in [4.78, 5) is 8.82. The first-order chi connectivity index (χ1) is 9.90. The second kappa shape index (κ2) is 7.13. The number of rotatable bonds is 5. The van der Waals surface area contributed by atoms with Gasteiger partial charge in [-0.05, 0) is 37.5 Å². The smallest absolute Gasteiger partial charge is 0.224 e. The number of hydrogen-bond acceptors (Lipinski definition) is 6. The number of aromatic nitrogens is 2. The first-order valence-electron chi connectivity index (χ1n) is 7.43. The van der Waals surface area contributed by atoms with Crippen LogP contribution >= 0.6 is 11.8 Å². The summed E-state index contributed by atoms with van der Waals surface area (Å²) >= 11 is 2.04. The quantitative estimate of drug-likeness (QED) is 0.869. The summed E-state index contributed by atoms with van der Waals surface area (Å²) < 4.78 is 5.48. The predicted octanol–water partition coefficient (Wildman–Crippen LogP) is 2.38. The highest BCUT2D eigenvalue weighted by Crippen LogP contribution is 2.26. The summed E-state index contributed by atoms with van der Waals surface area (Å²) in [5, 5.41) is 7.49. The number of ether oxygens (including phenoxy) is 1. The maximum Gasteiger partial charge on any atom is 0.224 e. The van der Waals surface area contributed by atoms with Crippen molar-refractivity contribution in [2.75, 3.05) is 36.1 Å². The van der Waals surface area contributed by atoms with Crippen molar-refractivity contribution in [3.63, 3.8) is 0 Å². The van der Waals surface area contributed by atoms with Crippen molar-refractivity contribution in [2.45, 2.75) is 37.0 Å². The Hall–Kier alpha value is -1.01. The largest absolute Gasteiger partial charge is 0.379 e. The Morgan fingerprint density at radius 1 is 1.35 bits per heavy atom. The molecule has 3 rings (SSSR count). The highest BCUT2D eigenvalue weighted by molar-refractivity contribution is 8.00. The van der Waals surface area contributed by atoms with Gasteiger partial charge in [-0.3, -0.25) is 0 Å². The zero-order valence-electron chi connectivity index (χ0n) is 11.7. The van der Waals surface area contributed by atoms with E-state index in [0.717, 1.165) is 44.4 Å². The second-order valence-corrected chi connectivity index (χ2v) is 6.75. The minimum absolute atomic E-state index is 0.372. The number of nitrogens with zero attached hydrogens (tertiary/aromatic N) is 2. The van der Waals surface area contributed by atoms with E-state index in [1.807, 2.05) is 24.0 Å². The van der Waals surface area contributed by atoms with Crippen LogP contribution in [0.2, 0.25) is 0 Å². The molecule has 0 aliphatic carbocycles. The standard InChI is InChI=1S/C14H22N4OS/c1-3-11(10-19-7-1)17-13-5-6-15-14(18-13)16-9-12-4-2-8-20-12/h5-6,11-12H,1-4,7-10H2,(H2,15,16,17,18)/t11-,12+/m0/s1. The molecule has 0 radical (unpaired) electrons. The molecule has 2 atom stereocenters. The lowest BCUT2D eigenvalue weighted by Crippen LogP contribution is -2.30. The lowest BCUT2D eigenvalue weighted by molar-refractivity contribution is 0.0875. The van der Waals surface area contributed by atoms with Crippen LogP contribution in [0.25, 0.3) is 0 Å². The molecule has 6 heteroatoms. The maximum absolute atomic E-state index is 5.48. The van der Waals surface area contributed by atoms with Gasteiger partial charge in [-0.1, -0.05) is 0 Å². The van der Waals surface area contributed by atoms with Crippen molar-refractivity contribution in [1.29, 1.82) is 0 Å². The monoisotopic (exact) mass is 294 g/mol. The van der Waals surface area contributed by atoms with Gasteiger partial charge in [0, 0.05) is 24.6 Å². The van der Waals surface area contributed by atoms with Crippen LogP contribution in [0.15, 0.2) is 12.3 Å². The Morgan fingerprint density at radius 3 is 3.15 bits per heavy atom. The van der Waals surface area contributed by atoms with Gasteiger partial charge in [0.25, 0.3) is 0 Å². The van der Waals surface area contributed by atoms with E-state index in [1.165, 1.54) is 18.6 Å². The normalized spacial score (nSPS) is 26.4. The molecule has 2 N–H and O–H groups in total. The third-order valence-electron chi connectivity index (χ3n) is 3.68. The lowest BCUT2D eigenvalue weighted by Gasteiger charge is -2.23. The molecule has 2 saturated heterocycles. The van der Waals surface area contributed by atoms with E-state index in [0.29, 0.717) is 11.3 Å². The van der Waals surface area contributed by atoms with Gasteiger partial charge in [-0.2, -0.15) is 16.7 Å². The van der Waals surface area contributed by atoms with Crippen LogP contribution in [0.3, 0.4) is 0 Å². The highest BCUT2D eigenvalue weighted by Gasteiger charge is 2.16. The highest BCUT2D eigenvalue weighted by atomic mass is 32.2. The van der Waals surface area contributed by atoms with E-state index in [2.05, 4.69) is 20.6 Å². The molecule has 0 spiro atoms. The SMILES string of the molecule is c1cc(N[C@H]2CCCOC2)nc(NC[C@H]2CCCS2)n1. The minimum atomic E-state index is 0.372. The van der Waals surface area contributed by atoms with Gasteiger partial charge in [0.2, 0.25) is 5.95 Å². The Kier molecular flexibility index (Phi) is 4.97. The average molecular weight is 294 g/mol. The zero-order valence-corrected chi connectivity index (χ0v) is 12.5. The molecule has 0 aromatic carbocycles. The molecular formula is C14H22N4OS. The molecule has 0 amide bonds. The van der Waals surface area contributed by atoms with Crippen molar-refractivity contribution in [2.24, 2.45) is 0 Å². The molecule has 1 aromatic rings. The number of nitrogens with one attached hydrogen (secondary N) is 2. The van der Waals surface area contributed by atoms with Crippen LogP contribution < -0.4 is 10.6 Å². The number of thioether (sulfide) groups is 1. The Bertz CT molecular complexity index is 419. The molecule has 5 nitrogen and oxygen atoms in total. The summed E-state index contributed by atoms with van der Waals surface area (Å²) in [7, 11) is 0. The van der Waals surface area contributed by atoms with Gasteiger partial charge < -0.3 is 15.4 Å². The van der Waals surface area contributed by atoms with E-state index in [1.54, 1.807) is 0 Å². The van der Waals surface area contributed by atoms with E-state index in [4.69, 9.17) is 4.74 Å². The van der Waals surface area contributed by atoms with Crippen LogP contribution in [0.5, 0.6) is 0 Å². The summed E-state index contributed by atoms with van der Waals surface area (Å²) in [6, 6.07) is 2.29. The minimum Gasteiger partial charge on any atom is -0.379 e. The lowest BCUT2D eigenvalue weighted by atomic mass is 10.1. The van der Waals surface area contributed by atoms with Gasteiger partial charge in [0.05, 0.1) is 12.6 Å². The molecule has 110 valence electrons. The van der Waals surface area contributed by atoms with E-state index >= 15 is 0 Å². The van der Waals surface area contributed by atoms with Crippen molar-refractivity contribution in [1.82, 2.24) is 9.97 Å². The topological polar surface area (TPSA) is 59.1 Å². The van der Waals surface area contributed by atoms with E-state index in [-0.39, 0.29) is 0 Å². The molecule has 0 unspecified atom stereocenters. The first-order valence-corrected chi connectivity index (χ1v) is 8.48. The predicted molar refractivity (Wildman–Crippen MR) is 83.5 cm³/mol. The van der Waals surface area contributed by atoms with Crippen molar-refractivity contribution < 1.29 is 4.74 Å². The van der Waals surface area contributed by atoms with Crippen LogP contribution in [-0.2, 0) is 4.74 Å². The first kappa shape index (κ1) is 13.9. The summed E-state index contributed by atoms with van der Waals surface area (Å²) in [5.74, 6) is 2.90. The Morgan fingerprint density at radius 2 is 2.35 bits per heavy atom. The summed E-state index contributed by atoms with van der Waals surface area (Å²) in [5.41, 5.74) is 0. The second-order valence-electron chi connectivity index (χ2n) is 5.34. The number of hydrogen-bond donors (Lipinski definition) is 2. The average Bonchev–Trinajstić information content (AvgIpc) is 3.00. The van der Waals surface area contributed by atoms with Crippen LogP contribution in [0, 0.1) is 0 Å². The van der Waals surface area contributed by atoms with Crippen molar-refractivity contribution in [3.8, 4) is 0 Å². The van der Waals surface area contributed by atoms with Gasteiger partial charge in [0.1, 0.15) is 5.82 Å². The molecule has 1 aromatic heterocycles. The zero-order chi connectivity index (χ0) is 13.6. The third-order valence-corrected chi connectivity index (χ3v) is 5.08.